The molecule has 2 aromatic carbocycles. The second kappa shape index (κ2) is 7.64. The van der Waals surface area contributed by atoms with Gasteiger partial charge in [-0.3, -0.25) is 4.79 Å². The van der Waals surface area contributed by atoms with E-state index in [0.717, 1.165) is 11.0 Å². The Balaban J connectivity index is 1.42. The molecule has 1 saturated heterocycles. The summed E-state index contributed by atoms with van der Waals surface area (Å²) >= 11 is 0. The number of anilines is 1. The third-order valence-corrected chi connectivity index (χ3v) is 7.04. The molecule has 3 aliphatic rings. The average Bonchev–Trinajstić information content (AvgIpc) is 3.34. The van der Waals surface area contributed by atoms with E-state index in [9.17, 15) is 22.4 Å². The maximum absolute atomic E-state index is 13.8. The van der Waals surface area contributed by atoms with Crippen molar-refractivity contribution in [3.8, 4) is 17.0 Å². The van der Waals surface area contributed by atoms with Crippen molar-refractivity contribution in [1.82, 2.24) is 24.8 Å². The number of hydrogen-bond acceptors (Lipinski definition) is 6. The summed E-state index contributed by atoms with van der Waals surface area (Å²) in [6, 6.07) is 11.1. The van der Waals surface area contributed by atoms with E-state index in [2.05, 4.69) is 20.3 Å². The van der Waals surface area contributed by atoms with Crippen molar-refractivity contribution < 1.29 is 27.1 Å². The number of halogens is 4. The van der Waals surface area contributed by atoms with Gasteiger partial charge in [-0.15, -0.1) is 0 Å². The van der Waals surface area contributed by atoms with Crippen molar-refractivity contribution in [2.24, 2.45) is 0 Å². The number of nitrogens with zero attached hydrogens (tertiary/aromatic N) is 5. The lowest BCUT2D eigenvalue weighted by Crippen LogP contribution is -2.57. The molecule has 5 heterocycles. The quantitative estimate of drug-likeness (QED) is 0.412. The molecule has 2 bridgehead atoms. The highest BCUT2D eigenvalue weighted by molar-refractivity contribution is 5.99. The molecule has 188 valence electrons. The van der Waals surface area contributed by atoms with Crippen molar-refractivity contribution >= 4 is 22.9 Å². The Hall–Kier alpha value is -4.22. The molecule has 0 radical (unpaired) electrons. The highest BCUT2D eigenvalue weighted by atomic mass is 19.3. The van der Waals surface area contributed by atoms with Gasteiger partial charge < -0.3 is 19.5 Å². The fraction of sp³-hybridized carbons (Fsp3) is 0.280. The number of ether oxygens (including phenoxy) is 1. The number of alkyl halides is 4. The Kier molecular flexibility index (Phi) is 4.55. The number of benzene rings is 2. The number of rotatable bonds is 4. The first-order valence-corrected chi connectivity index (χ1v) is 11.6. The van der Waals surface area contributed by atoms with Gasteiger partial charge in [0.25, 0.3) is 11.8 Å². The van der Waals surface area contributed by atoms with Crippen LogP contribution in [-0.2, 0) is 0 Å². The van der Waals surface area contributed by atoms with Crippen molar-refractivity contribution in [3.05, 3.63) is 65.6 Å². The molecule has 12 heteroatoms. The molecule has 1 N–H and O–H groups in total. The molecule has 0 spiro atoms. The van der Waals surface area contributed by atoms with Crippen LogP contribution in [0.3, 0.4) is 0 Å². The number of carbonyl (C=O) groups is 1. The van der Waals surface area contributed by atoms with Gasteiger partial charge in [-0.05, 0) is 36.8 Å². The molecule has 37 heavy (non-hydrogen) atoms. The number of fused-ring (bicyclic) bond motifs is 9. The molecule has 2 aromatic heterocycles. The molecular weight excluding hydrogens is 492 g/mol. The van der Waals surface area contributed by atoms with E-state index in [4.69, 9.17) is 4.74 Å². The first kappa shape index (κ1) is 22.0. The van der Waals surface area contributed by atoms with Gasteiger partial charge in [0.05, 0.1) is 41.9 Å². The number of para-hydroxylation sites is 2. The second-order valence-corrected chi connectivity index (χ2v) is 9.34. The molecule has 0 aliphatic carbocycles. The summed E-state index contributed by atoms with van der Waals surface area (Å²) in [6.45, 7) is -4.23. The van der Waals surface area contributed by atoms with Crippen molar-refractivity contribution in [3.63, 3.8) is 0 Å². The number of aromatic nitrogens is 4. The maximum atomic E-state index is 13.8. The fourth-order valence-corrected chi connectivity index (χ4v) is 5.53. The van der Waals surface area contributed by atoms with Gasteiger partial charge in [-0.2, -0.15) is 8.78 Å². The third-order valence-electron chi connectivity index (χ3n) is 7.04. The van der Waals surface area contributed by atoms with E-state index in [1.54, 1.807) is 6.07 Å². The third kappa shape index (κ3) is 3.35. The summed E-state index contributed by atoms with van der Waals surface area (Å²) in [5.41, 5.74) is 2.47. The molecule has 8 nitrogen and oxygen atoms in total. The normalized spacial score (nSPS) is 21.3. The van der Waals surface area contributed by atoms with Crippen LogP contribution in [0.5, 0.6) is 5.75 Å². The van der Waals surface area contributed by atoms with E-state index < -0.39 is 43.6 Å². The Morgan fingerprint density at radius 2 is 1.84 bits per heavy atom. The average molecular weight is 510 g/mol. The minimum Gasteiger partial charge on any atom is -0.434 e. The lowest BCUT2D eigenvalue weighted by Gasteiger charge is -2.38. The zero-order valence-electron chi connectivity index (χ0n) is 19.0. The first-order valence-electron chi connectivity index (χ1n) is 11.6. The van der Waals surface area contributed by atoms with Gasteiger partial charge in [0.1, 0.15) is 11.6 Å². The van der Waals surface area contributed by atoms with Crippen LogP contribution in [-0.4, -0.2) is 51.0 Å². The summed E-state index contributed by atoms with van der Waals surface area (Å²) in [5.74, 6) is -2.73. The number of imidazole rings is 1. The van der Waals surface area contributed by atoms with Crippen LogP contribution in [0.2, 0.25) is 0 Å². The Morgan fingerprint density at radius 1 is 1.05 bits per heavy atom. The summed E-state index contributed by atoms with van der Waals surface area (Å²) in [6.07, 6.45) is 1.79. The zero-order chi connectivity index (χ0) is 25.5. The SMILES string of the molecule is O=C1N[C@@H]2C[C@H](c3c1ccc(-c1ccnc(N4CC(F)(F)C4)n1)c3OC(F)F)n1c2nc2ccccc21. The van der Waals surface area contributed by atoms with Crippen LogP contribution in [0.1, 0.15) is 40.3 Å². The minimum atomic E-state index is -3.18. The lowest BCUT2D eigenvalue weighted by molar-refractivity contribution is -0.0503. The molecule has 4 aromatic rings. The van der Waals surface area contributed by atoms with Crippen LogP contribution in [0, 0.1) is 0 Å². The standard InChI is InChI=1S/C25H18F4N6O2/c26-23(27)37-20-12(14-7-8-30-24(33-14)34-10-25(28,29)11-34)5-6-13-19(20)18-9-16(32-22(13)36)21-31-15-3-1-2-4-17(15)35(18)21/h1-8,16,18,23H,9-11H2,(H,32,36)/t16-,18-/m1/s1. The van der Waals surface area contributed by atoms with Crippen LogP contribution < -0.4 is 15.0 Å². The summed E-state index contributed by atoms with van der Waals surface area (Å²) in [7, 11) is 0. The topological polar surface area (TPSA) is 85.2 Å². The molecule has 1 amide bonds. The smallest absolute Gasteiger partial charge is 0.387 e. The van der Waals surface area contributed by atoms with Gasteiger partial charge in [0.15, 0.2) is 0 Å². The molecule has 0 saturated carbocycles. The van der Waals surface area contributed by atoms with Gasteiger partial charge >= 0.3 is 6.61 Å². The Bertz CT molecular complexity index is 1580. The van der Waals surface area contributed by atoms with Crippen LogP contribution >= 0.6 is 0 Å². The van der Waals surface area contributed by atoms with E-state index in [-0.39, 0.29) is 28.5 Å². The number of nitrogens with one attached hydrogen (secondary N) is 1. The number of carbonyl (C=O) groups excluding carboxylic acids is 1. The largest absolute Gasteiger partial charge is 0.434 e. The molecular formula is C25H18F4N6O2. The van der Waals surface area contributed by atoms with Crippen molar-refractivity contribution in [2.75, 3.05) is 18.0 Å². The molecule has 1 fully saturated rings. The van der Waals surface area contributed by atoms with E-state index >= 15 is 0 Å². The first-order chi connectivity index (χ1) is 17.8. The van der Waals surface area contributed by atoms with E-state index in [0.29, 0.717) is 17.8 Å². The van der Waals surface area contributed by atoms with Crippen LogP contribution in [0.4, 0.5) is 23.5 Å². The van der Waals surface area contributed by atoms with Crippen LogP contribution in [0.15, 0.2) is 48.7 Å². The summed E-state index contributed by atoms with van der Waals surface area (Å²) < 4.78 is 61.5. The fourth-order valence-electron chi connectivity index (χ4n) is 5.53. The summed E-state index contributed by atoms with van der Waals surface area (Å²) in [4.78, 5) is 27.6. The minimum absolute atomic E-state index is 0.0583. The lowest BCUT2D eigenvalue weighted by atomic mass is 9.93. The Morgan fingerprint density at radius 3 is 2.62 bits per heavy atom. The van der Waals surface area contributed by atoms with Crippen molar-refractivity contribution in [1.29, 1.82) is 0 Å². The van der Waals surface area contributed by atoms with E-state index in [1.165, 1.54) is 23.2 Å². The van der Waals surface area contributed by atoms with Gasteiger partial charge in [0, 0.05) is 22.9 Å². The molecule has 7 rings (SSSR count). The number of amides is 1. The number of hydrogen-bond donors (Lipinski definition) is 1. The predicted octanol–water partition coefficient (Wildman–Crippen LogP) is 4.33. The van der Waals surface area contributed by atoms with Crippen molar-refractivity contribution in [2.45, 2.75) is 31.0 Å². The van der Waals surface area contributed by atoms with Gasteiger partial charge in [-0.25, -0.2) is 23.7 Å². The predicted molar refractivity (Wildman–Crippen MR) is 124 cm³/mol. The monoisotopic (exact) mass is 510 g/mol. The highest BCUT2D eigenvalue weighted by Gasteiger charge is 2.46. The molecule has 0 unspecified atom stereocenters. The van der Waals surface area contributed by atoms with Crippen LogP contribution in [0.25, 0.3) is 22.3 Å². The molecule has 2 atom stereocenters. The van der Waals surface area contributed by atoms with Gasteiger partial charge in [-0.1, -0.05) is 12.1 Å². The van der Waals surface area contributed by atoms with E-state index in [1.807, 2.05) is 28.8 Å². The maximum Gasteiger partial charge on any atom is 0.387 e. The zero-order valence-corrected chi connectivity index (χ0v) is 19.0. The second-order valence-electron chi connectivity index (χ2n) is 9.34. The molecule has 3 aliphatic heterocycles. The highest BCUT2D eigenvalue weighted by Crippen LogP contribution is 2.49. The summed E-state index contributed by atoms with van der Waals surface area (Å²) in [5, 5.41) is 2.96. The Labute approximate surface area is 206 Å². The van der Waals surface area contributed by atoms with Gasteiger partial charge in [0.2, 0.25) is 5.95 Å².